The Kier molecular flexibility index (Phi) is 7.99. The van der Waals surface area contributed by atoms with Crippen molar-refractivity contribution in [2.75, 3.05) is 5.88 Å². The highest BCUT2D eigenvalue weighted by Gasteiger charge is 2.34. The minimum absolute atomic E-state index is 0.297. The third kappa shape index (κ3) is 5.34. The summed E-state index contributed by atoms with van der Waals surface area (Å²) in [7, 11) is 0. The fourth-order valence-electron chi connectivity index (χ4n) is 2.27. The zero-order valence-electron chi connectivity index (χ0n) is 11.2. The summed E-state index contributed by atoms with van der Waals surface area (Å²) in [5, 5.41) is 9.86. The molecule has 0 bridgehead atoms. The number of unbranched alkanes of at least 4 members (excludes halogenated alkanes) is 3. The molecule has 1 saturated carbocycles. The van der Waals surface area contributed by atoms with Gasteiger partial charge >= 0.3 is 0 Å². The molecule has 0 heterocycles. The van der Waals surface area contributed by atoms with Crippen molar-refractivity contribution in [3.8, 4) is 23.7 Å². The first kappa shape index (κ1) is 15.4. The van der Waals surface area contributed by atoms with Crippen molar-refractivity contribution in [2.24, 2.45) is 11.8 Å². The first-order valence-electron chi connectivity index (χ1n) is 6.97. The maximum atomic E-state index is 9.86. The van der Waals surface area contributed by atoms with Crippen molar-refractivity contribution in [1.29, 1.82) is 0 Å². The van der Waals surface area contributed by atoms with Crippen LogP contribution in [0.15, 0.2) is 0 Å². The van der Waals surface area contributed by atoms with E-state index < -0.39 is 6.10 Å². The van der Waals surface area contributed by atoms with Gasteiger partial charge in [0.2, 0.25) is 0 Å². The van der Waals surface area contributed by atoms with Crippen molar-refractivity contribution >= 4 is 11.6 Å². The number of aliphatic hydroxyl groups is 1. The van der Waals surface area contributed by atoms with E-state index in [9.17, 15) is 5.11 Å². The number of aliphatic hydroxyl groups excluding tert-OH is 1. The Morgan fingerprint density at radius 3 is 2.67 bits per heavy atom. The first-order valence-corrected chi connectivity index (χ1v) is 7.51. The van der Waals surface area contributed by atoms with Gasteiger partial charge in [-0.1, -0.05) is 31.6 Å². The molecule has 0 aromatic rings. The van der Waals surface area contributed by atoms with Gasteiger partial charge in [-0.2, -0.15) is 0 Å². The average molecular weight is 267 g/mol. The maximum absolute atomic E-state index is 9.86. The normalized spacial score (nSPS) is 23.1. The summed E-state index contributed by atoms with van der Waals surface area (Å²) in [6, 6.07) is 0. The van der Waals surface area contributed by atoms with Crippen LogP contribution in [0.4, 0.5) is 0 Å². The molecule has 18 heavy (non-hydrogen) atoms. The second kappa shape index (κ2) is 9.32. The smallest absolute Gasteiger partial charge is 0.117 e. The summed E-state index contributed by atoms with van der Waals surface area (Å²) >= 11 is 5.48. The number of halogens is 1. The van der Waals surface area contributed by atoms with Crippen molar-refractivity contribution in [3.63, 3.8) is 0 Å². The molecule has 1 unspecified atom stereocenters. The molecule has 1 N–H and O–H groups in total. The van der Waals surface area contributed by atoms with Gasteiger partial charge in [0.1, 0.15) is 6.10 Å². The van der Waals surface area contributed by atoms with E-state index in [0.29, 0.717) is 17.7 Å². The molecule has 1 aliphatic carbocycles. The predicted octanol–water partition coefficient (Wildman–Crippen LogP) is 3.59. The van der Waals surface area contributed by atoms with Gasteiger partial charge in [0.25, 0.3) is 0 Å². The van der Waals surface area contributed by atoms with Crippen molar-refractivity contribution in [2.45, 2.75) is 58.0 Å². The Balaban J connectivity index is 2.23. The Labute approximate surface area is 116 Å². The lowest BCUT2D eigenvalue weighted by molar-refractivity contribution is 0.0514. The van der Waals surface area contributed by atoms with Crippen LogP contribution in [-0.4, -0.2) is 17.1 Å². The first-order chi connectivity index (χ1) is 8.79. The highest BCUT2D eigenvalue weighted by atomic mass is 35.5. The van der Waals surface area contributed by atoms with Crippen LogP contribution in [-0.2, 0) is 0 Å². The second-order valence-electron chi connectivity index (χ2n) is 4.92. The molecule has 1 aliphatic rings. The Morgan fingerprint density at radius 1 is 1.22 bits per heavy atom. The molecule has 0 aromatic heterocycles. The largest absolute Gasteiger partial charge is 0.380 e. The highest BCUT2D eigenvalue weighted by Crippen LogP contribution is 2.38. The SMILES string of the molecule is CCCCCC#CC[C@@H]1CC[C@H]1C(O)C#CCCl. The lowest BCUT2D eigenvalue weighted by Crippen LogP contribution is -2.35. The van der Waals surface area contributed by atoms with E-state index in [2.05, 4.69) is 30.6 Å². The monoisotopic (exact) mass is 266 g/mol. The van der Waals surface area contributed by atoms with Gasteiger partial charge in [-0.05, 0) is 31.1 Å². The average Bonchev–Trinajstić information content (AvgIpc) is 2.34. The molecule has 1 rings (SSSR count). The van der Waals surface area contributed by atoms with Crippen LogP contribution in [0, 0.1) is 35.5 Å². The number of hydrogen-bond donors (Lipinski definition) is 1. The van der Waals surface area contributed by atoms with Gasteiger partial charge in [-0.25, -0.2) is 0 Å². The van der Waals surface area contributed by atoms with Crippen LogP contribution in [0.3, 0.4) is 0 Å². The molecule has 3 atom stereocenters. The van der Waals surface area contributed by atoms with Crippen molar-refractivity contribution < 1.29 is 5.11 Å². The summed E-state index contributed by atoms with van der Waals surface area (Å²) in [4.78, 5) is 0. The number of hydrogen-bond acceptors (Lipinski definition) is 1. The summed E-state index contributed by atoms with van der Waals surface area (Å²) in [5.74, 6) is 13.2. The summed E-state index contributed by atoms with van der Waals surface area (Å²) in [6.07, 6.45) is 7.39. The van der Waals surface area contributed by atoms with Crippen LogP contribution in [0.2, 0.25) is 0 Å². The fraction of sp³-hybridized carbons (Fsp3) is 0.750. The lowest BCUT2D eigenvalue weighted by atomic mass is 9.69. The van der Waals surface area contributed by atoms with Gasteiger partial charge in [-0.15, -0.1) is 23.4 Å². The Bertz CT molecular complexity index is 342. The van der Waals surface area contributed by atoms with Crippen LogP contribution in [0.25, 0.3) is 0 Å². The van der Waals surface area contributed by atoms with Gasteiger partial charge < -0.3 is 5.11 Å². The highest BCUT2D eigenvalue weighted by molar-refractivity contribution is 6.19. The zero-order valence-corrected chi connectivity index (χ0v) is 12.0. The standard InChI is InChI=1S/C16H23ClO/c1-2-3-4-5-6-7-9-14-11-12-15(14)16(18)10-8-13-17/h14-16,18H,2-5,9,11-13H2,1H3/t14-,15-,16?/m1/s1. The van der Waals surface area contributed by atoms with Gasteiger partial charge in [0.05, 0.1) is 5.88 Å². The fourth-order valence-corrected chi connectivity index (χ4v) is 2.35. The van der Waals surface area contributed by atoms with Crippen LogP contribution in [0.1, 0.15) is 51.9 Å². The number of rotatable bonds is 5. The Morgan fingerprint density at radius 2 is 2.06 bits per heavy atom. The molecule has 100 valence electrons. The summed E-state index contributed by atoms with van der Waals surface area (Å²) in [6.45, 7) is 2.20. The molecule has 1 nitrogen and oxygen atoms in total. The van der Waals surface area contributed by atoms with Crippen LogP contribution < -0.4 is 0 Å². The topological polar surface area (TPSA) is 20.2 Å². The van der Waals surface area contributed by atoms with Crippen LogP contribution in [0.5, 0.6) is 0 Å². The molecule has 0 aromatic carbocycles. The summed E-state index contributed by atoms with van der Waals surface area (Å²) in [5.41, 5.74) is 0. The molecule has 0 amide bonds. The van der Waals surface area contributed by atoms with E-state index in [4.69, 9.17) is 11.6 Å². The minimum atomic E-state index is -0.510. The van der Waals surface area contributed by atoms with E-state index >= 15 is 0 Å². The number of alkyl halides is 1. The molecule has 1 fully saturated rings. The van der Waals surface area contributed by atoms with E-state index in [0.717, 1.165) is 19.3 Å². The Hall–Kier alpha value is -0.630. The molecule has 0 aliphatic heterocycles. The zero-order chi connectivity index (χ0) is 13.2. The van der Waals surface area contributed by atoms with E-state index in [1.807, 2.05) is 0 Å². The van der Waals surface area contributed by atoms with Gasteiger partial charge in [0.15, 0.2) is 0 Å². The third-order valence-corrected chi connectivity index (χ3v) is 3.73. The molecule has 0 radical (unpaired) electrons. The molecular formula is C16H23ClO. The molecule has 2 heteroatoms. The van der Waals surface area contributed by atoms with Crippen molar-refractivity contribution in [1.82, 2.24) is 0 Å². The van der Waals surface area contributed by atoms with E-state index in [1.165, 1.54) is 25.7 Å². The molecular weight excluding hydrogens is 244 g/mol. The summed E-state index contributed by atoms with van der Waals surface area (Å²) < 4.78 is 0. The molecule has 0 spiro atoms. The molecule has 0 saturated heterocycles. The predicted molar refractivity (Wildman–Crippen MR) is 77.3 cm³/mol. The van der Waals surface area contributed by atoms with E-state index in [-0.39, 0.29) is 0 Å². The minimum Gasteiger partial charge on any atom is -0.380 e. The third-order valence-electron chi connectivity index (χ3n) is 3.59. The van der Waals surface area contributed by atoms with Gasteiger partial charge in [0, 0.05) is 12.8 Å². The quantitative estimate of drug-likeness (QED) is 0.458. The van der Waals surface area contributed by atoms with E-state index in [1.54, 1.807) is 0 Å². The van der Waals surface area contributed by atoms with Crippen LogP contribution >= 0.6 is 11.6 Å². The van der Waals surface area contributed by atoms with Gasteiger partial charge in [-0.3, -0.25) is 0 Å². The lowest BCUT2D eigenvalue weighted by Gasteiger charge is -2.37. The van der Waals surface area contributed by atoms with Crippen molar-refractivity contribution in [3.05, 3.63) is 0 Å². The second-order valence-corrected chi connectivity index (χ2v) is 5.18. The maximum Gasteiger partial charge on any atom is 0.117 e.